The summed E-state index contributed by atoms with van der Waals surface area (Å²) in [7, 11) is 1.64. The summed E-state index contributed by atoms with van der Waals surface area (Å²) in [5.74, 6) is 7.53. The summed E-state index contributed by atoms with van der Waals surface area (Å²) in [6, 6.07) is 20.5. The zero-order valence-corrected chi connectivity index (χ0v) is 30.7. The number of fused-ring (bicyclic) bond motifs is 1. The molecule has 52 heavy (non-hydrogen) atoms. The van der Waals surface area contributed by atoms with E-state index in [4.69, 9.17) is 24.8 Å². The van der Waals surface area contributed by atoms with E-state index in [-0.39, 0.29) is 17.7 Å². The average Bonchev–Trinajstić information content (AvgIpc) is 3.15. The molecule has 5 rings (SSSR count). The smallest absolute Gasteiger partial charge is 0.204 e. The maximum Gasteiger partial charge on any atom is 0.204 e. The van der Waals surface area contributed by atoms with Crippen molar-refractivity contribution in [1.82, 2.24) is 9.88 Å². The van der Waals surface area contributed by atoms with Crippen LogP contribution in [0, 0.1) is 0 Å². The van der Waals surface area contributed by atoms with Crippen LogP contribution in [0.5, 0.6) is 5.75 Å². The van der Waals surface area contributed by atoms with Gasteiger partial charge in [-0.05, 0) is 77.5 Å². The molecule has 4 aromatic rings. The number of amides is 1. The molecular formula is C41H51N7O4. The fourth-order valence-electron chi connectivity index (χ4n) is 5.78. The molecule has 0 unspecified atom stereocenters. The second-order valence-corrected chi connectivity index (χ2v) is 13.1. The Labute approximate surface area is 307 Å². The third-order valence-electron chi connectivity index (χ3n) is 8.57. The Morgan fingerprint density at radius 2 is 1.77 bits per heavy atom. The molecule has 1 aliphatic heterocycles. The van der Waals surface area contributed by atoms with Gasteiger partial charge in [0.25, 0.3) is 0 Å². The highest BCUT2D eigenvalue weighted by Crippen LogP contribution is 2.43. The van der Waals surface area contributed by atoms with Gasteiger partial charge in [0.2, 0.25) is 12.3 Å². The third kappa shape index (κ3) is 10.5. The van der Waals surface area contributed by atoms with Crippen molar-refractivity contribution in [3.63, 3.8) is 0 Å². The van der Waals surface area contributed by atoms with Crippen molar-refractivity contribution in [3.8, 4) is 5.75 Å². The zero-order valence-electron chi connectivity index (χ0n) is 30.7. The molecule has 1 aromatic heterocycles. The molecule has 11 heteroatoms. The van der Waals surface area contributed by atoms with E-state index in [0.717, 1.165) is 83.7 Å². The summed E-state index contributed by atoms with van der Waals surface area (Å²) in [5.41, 5.74) is 10.4. The number of ether oxygens (including phenoxy) is 3. The van der Waals surface area contributed by atoms with Crippen molar-refractivity contribution >= 4 is 46.5 Å². The molecule has 0 bridgehead atoms. The predicted octanol–water partition coefficient (Wildman–Crippen LogP) is 7.07. The fraction of sp³-hybridized carbons (Fsp3) is 0.293. The molecule has 0 atom stereocenters. The molecule has 1 amide bonds. The van der Waals surface area contributed by atoms with Crippen LogP contribution in [-0.2, 0) is 26.3 Å². The van der Waals surface area contributed by atoms with Crippen LogP contribution in [0.4, 0.5) is 17.1 Å². The van der Waals surface area contributed by atoms with E-state index < -0.39 is 0 Å². The highest BCUT2D eigenvalue weighted by Gasteiger charge is 2.24. The van der Waals surface area contributed by atoms with Crippen molar-refractivity contribution in [1.29, 1.82) is 0 Å². The lowest BCUT2D eigenvalue weighted by Crippen LogP contribution is -2.36. The maximum atomic E-state index is 8.58. The number of benzene rings is 3. The normalized spacial score (nSPS) is 13.6. The van der Waals surface area contributed by atoms with Crippen molar-refractivity contribution in [2.45, 2.75) is 39.2 Å². The summed E-state index contributed by atoms with van der Waals surface area (Å²) in [5, 5.41) is 7.26. The Morgan fingerprint density at radius 3 is 2.42 bits per heavy atom. The summed E-state index contributed by atoms with van der Waals surface area (Å²) < 4.78 is 17.5. The second kappa shape index (κ2) is 19.2. The first kappa shape index (κ1) is 39.3. The number of nitrogens with zero attached hydrogens (tertiary/aromatic N) is 4. The summed E-state index contributed by atoms with van der Waals surface area (Å²) in [6.45, 7) is 19.2. The minimum absolute atomic E-state index is 0.186. The Kier molecular flexibility index (Phi) is 14.5. The largest absolute Gasteiger partial charge is 0.492 e. The predicted molar refractivity (Wildman–Crippen MR) is 213 cm³/mol. The number of pyridine rings is 1. The number of methoxy groups -OCH3 is 1. The molecule has 1 aliphatic rings. The number of morpholine rings is 1. The Morgan fingerprint density at radius 1 is 1.08 bits per heavy atom. The van der Waals surface area contributed by atoms with E-state index in [1.165, 1.54) is 5.01 Å². The van der Waals surface area contributed by atoms with Crippen LogP contribution in [0.15, 0.2) is 109 Å². The molecule has 11 nitrogen and oxygen atoms in total. The molecule has 274 valence electrons. The average molecular weight is 706 g/mol. The number of nitrogens with two attached hydrogens (primary N) is 2. The second-order valence-electron chi connectivity index (χ2n) is 13.1. The Balaban J connectivity index is 0.00000195. The standard InChI is InChI=1S/C40H48N6O3.CH3NO/c1-29(49-28-30-16-18-43-19-17-30)46(41)38-26-32(40(2,3)4)25-37(39(38)47-6)44-36-15-14-33(34-12-7-8-13-35(34)36)31(27-42-5)11-9-10-20-45-21-23-48-24-22-45;2-1-3/h7-9,11-19,25-27,44H,1,5,10,20-24,28,41H2,2-4,6H3;1H,(H2,2,3)/b11-9-,31-27+;. The number of aliphatic imine (C=N–C) groups is 1. The lowest BCUT2D eigenvalue weighted by atomic mass is 9.86. The summed E-state index contributed by atoms with van der Waals surface area (Å²) in [4.78, 5) is 19.2. The maximum absolute atomic E-state index is 8.58. The van der Waals surface area contributed by atoms with E-state index in [9.17, 15) is 0 Å². The van der Waals surface area contributed by atoms with Crippen molar-refractivity contribution in [3.05, 3.63) is 121 Å². The number of carbonyl (C=O) groups is 1. The van der Waals surface area contributed by atoms with E-state index in [0.29, 0.717) is 18.0 Å². The molecule has 0 aliphatic carbocycles. The van der Waals surface area contributed by atoms with E-state index in [1.807, 2.05) is 30.5 Å². The van der Waals surface area contributed by atoms with Gasteiger partial charge in [-0.15, -0.1) is 0 Å². The molecule has 0 spiro atoms. The first-order valence-corrected chi connectivity index (χ1v) is 17.2. The number of anilines is 3. The van der Waals surface area contributed by atoms with Gasteiger partial charge in [0, 0.05) is 54.9 Å². The quantitative estimate of drug-likeness (QED) is 0.0314. The first-order chi connectivity index (χ1) is 25.1. The number of hydrogen-bond donors (Lipinski definition) is 3. The monoisotopic (exact) mass is 705 g/mol. The summed E-state index contributed by atoms with van der Waals surface area (Å²) in [6.07, 6.45) is 10.8. The van der Waals surface area contributed by atoms with E-state index in [1.54, 1.807) is 19.5 Å². The van der Waals surface area contributed by atoms with Crippen LogP contribution in [-0.4, -0.2) is 63.0 Å². The van der Waals surface area contributed by atoms with Crippen molar-refractivity contribution in [2.24, 2.45) is 16.6 Å². The van der Waals surface area contributed by atoms with Gasteiger partial charge in [-0.2, -0.15) is 0 Å². The lowest BCUT2D eigenvalue weighted by molar-refractivity contribution is -0.106. The highest BCUT2D eigenvalue weighted by atomic mass is 16.5. The minimum atomic E-state index is -0.186. The minimum Gasteiger partial charge on any atom is -0.492 e. The fourth-order valence-corrected chi connectivity index (χ4v) is 5.78. The number of aromatic nitrogens is 1. The van der Waals surface area contributed by atoms with Gasteiger partial charge in [0.1, 0.15) is 12.3 Å². The van der Waals surface area contributed by atoms with Gasteiger partial charge >= 0.3 is 0 Å². The van der Waals surface area contributed by atoms with E-state index in [2.05, 4.69) is 109 Å². The molecule has 0 radical (unpaired) electrons. The number of hydrogen-bond acceptors (Lipinski definition) is 10. The zero-order chi connectivity index (χ0) is 37.5. The third-order valence-corrected chi connectivity index (χ3v) is 8.57. The highest BCUT2D eigenvalue weighted by molar-refractivity contribution is 6.03. The number of carbonyl (C=O) groups excluding carboxylic acids is 1. The van der Waals surface area contributed by atoms with E-state index >= 15 is 0 Å². The number of nitrogens with one attached hydrogen (secondary N) is 1. The molecule has 1 fully saturated rings. The molecule has 2 heterocycles. The molecule has 5 N–H and O–H groups in total. The Bertz CT molecular complexity index is 1860. The molecular weight excluding hydrogens is 654 g/mol. The van der Waals surface area contributed by atoms with Gasteiger partial charge in [0.15, 0.2) is 5.75 Å². The van der Waals surface area contributed by atoms with Crippen LogP contribution in [0.2, 0.25) is 0 Å². The van der Waals surface area contributed by atoms with Gasteiger partial charge in [-0.25, -0.2) is 10.9 Å². The lowest BCUT2D eigenvalue weighted by Gasteiger charge is -2.28. The van der Waals surface area contributed by atoms with Gasteiger partial charge in [0.05, 0.1) is 26.0 Å². The van der Waals surface area contributed by atoms with Gasteiger partial charge < -0.3 is 25.3 Å². The van der Waals surface area contributed by atoms with Gasteiger partial charge in [-0.1, -0.05) is 63.3 Å². The molecule has 3 aromatic carbocycles. The Hall–Kier alpha value is -5.49. The van der Waals surface area contributed by atoms with Crippen LogP contribution in [0.25, 0.3) is 16.3 Å². The number of allylic oxidation sites excluding steroid dienone is 2. The summed E-state index contributed by atoms with van der Waals surface area (Å²) >= 11 is 0. The SMILES string of the molecule is C=N/C=C(\C=C/CCN1CCOCC1)c1ccc(Nc2cc(C(C)(C)C)cc(N(N)C(=C)OCc3ccncc3)c2OC)c2ccccc12.NC=O. The van der Waals surface area contributed by atoms with Gasteiger partial charge in [-0.3, -0.25) is 19.7 Å². The molecule has 0 saturated carbocycles. The molecule has 1 saturated heterocycles. The van der Waals surface area contributed by atoms with Crippen molar-refractivity contribution in [2.75, 3.05) is 50.3 Å². The van der Waals surface area contributed by atoms with Crippen LogP contribution < -0.4 is 26.6 Å². The number of hydrazine groups is 1. The van der Waals surface area contributed by atoms with Crippen LogP contribution in [0.3, 0.4) is 0 Å². The van der Waals surface area contributed by atoms with Crippen LogP contribution >= 0.6 is 0 Å². The number of rotatable bonds is 14. The topological polar surface area (TPSA) is 141 Å². The number of primary amides is 1. The first-order valence-electron chi connectivity index (χ1n) is 17.2. The van der Waals surface area contributed by atoms with Crippen molar-refractivity contribution < 1.29 is 19.0 Å². The van der Waals surface area contributed by atoms with Crippen LogP contribution in [0.1, 0.15) is 43.9 Å².